The molecule has 2 amide bonds. The second-order valence-electron chi connectivity index (χ2n) is 6.27. The van der Waals surface area contributed by atoms with Crippen molar-refractivity contribution in [3.8, 4) is 5.75 Å². The molecule has 1 N–H and O–H groups in total. The SMILES string of the molecule is COc1ccc(CC(=O)O[C@H](C)C(=O)N2CC(=O)Nc3ccccc32)cc1F. The molecule has 1 aliphatic rings. The lowest BCUT2D eigenvalue weighted by atomic mass is 10.1. The molecule has 3 rings (SSSR count). The van der Waals surface area contributed by atoms with Gasteiger partial charge in [0.05, 0.1) is 24.9 Å². The average molecular weight is 386 g/mol. The number of hydrogen-bond donors (Lipinski definition) is 1. The second-order valence-corrected chi connectivity index (χ2v) is 6.27. The zero-order valence-corrected chi connectivity index (χ0v) is 15.4. The number of halogens is 1. The number of ether oxygens (including phenoxy) is 2. The van der Waals surface area contributed by atoms with Crippen LogP contribution in [-0.2, 0) is 25.5 Å². The lowest BCUT2D eigenvalue weighted by molar-refractivity contribution is -0.153. The van der Waals surface area contributed by atoms with Crippen LogP contribution in [0.3, 0.4) is 0 Å². The Balaban J connectivity index is 1.66. The normalized spacial score (nSPS) is 14.0. The molecular formula is C20H19FN2O5. The summed E-state index contributed by atoms with van der Waals surface area (Å²) in [6.07, 6.45) is -1.30. The van der Waals surface area contributed by atoms with Crippen LogP contribution in [0, 0.1) is 5.82 Å². The van der Waals surface area contributed by atoms with Gasteiger partial charge in [0, 0.05) is 0 Å². The molecule has 0 saturated carbocycles. The Morgan fingerprint density at radius 1 is 1.25 bits per heavy atom. The summed E-state index contributed by atoms with van der Waals surface area (Å²) in [7, 11) is 1.35. The molecule has 0 fully saturated rings. The predicted molar refractivity (Wildman–Crippen MR) is 99.6 cm³/mol. The quantitative estimate of drug-likeness (QED) is 0.797. The first-order valence-corrected chi connectivity index (χ1v) is 8.61. The van der Waals surface area contributed by atoms with E-state index in [4.69, 9.17) is 9.47 Å². The Morgan fingerprint density at radius 2 is 2.00 bits per heavy atom. The first-order valence-electron chi connectivity index (χ1n) is 8.61. The highest BCUT2D eigenvalue weighted by Crippen LogP contribution is 2.29. The van der Waals surface area contributed by atoms with Crippen molar-refractivity contribution >= 4 is 29.2 Å². The molecule has 7 nitrogen and oxygen atoms in total. The maximum absolute atomic E-state index is 13.7. The molecule has 2 aromatic rings. The minimum Gasteiger partial charge on any atom is -0.494 e. The van der Waals surface area contributed by atoms with Crippen LogP contribution in [0.15, 0.2) is 42.5 Å². The van der Waals surface area contributed by atoms with Gasteiger partial charge < -0.3 is 14.8 Å². The third kappa shape index (κ3) is 4.11. The summed E-state index contributed by atoms with van der Waals surface area (Å²) in [6, 6.07) is 11.0. The van der Waals surface area contributed by atoms with Gasteiger partial charge in [0.2, 0.25) is 5.91 Å². The van der Waals surface area contributed by atoms with Crippen molar-refractivity contribution in [1.82, 2.24) is 0 Å². The fourth-order valence-corrected chi connectivity index (χ4v) is 2.93. The predicted octanol–water partition coefficient (Wildman–Crippen LogP) is 2.29. The fraction of sp³-hybridized carbons (Fsp3) is 0.250. The van der Waals surface area contributed by atoms with Crippen LogP contribution >= 0.6 is 0 Å². The summed E-state index contributed by atoms with van der Waals surface area (Å²) in [5.41, 5.74) is 1.44. The molecule has 1 aliphatic heterocycles. The van der Waals surface area contributed by atoms with Gasteiger partial charge in [0.1, 0.15) is 6.54 Å². The van der Waals surface area contributed by atoms with E-state index in [-0.39, 0.29) is 24.6 Å². The molecule has 0 aromatic heterocycles. The highest BCUT2D eigenvalue weighted by atomic mass is 19.1. The smallest absolute Gasteiger partial charge is 0.311 e. The van der Waals surface area contributed by atoms with Gasteiger partial charge >= 0.3 is 5.97 Å². The molecule has 0 unspecified atom stereocenters. The molecule has 2 aromatic carbocycles. The molecule has 1 heterocycles. The summed E-state index contributed by atoms with van der Waals surface area (Å²) < 4.78 is 23.8. The molecule has 0 aliphatic carbocycles. The lowest BCUT2D eigenvalue weighted by Gasteiger charge is -2.30. The Hall–Kier alpha value is -3.42. The molecule has 28 heavy (non-hydrogen) atoms. The van der Waals surface area contributed by atoms with Crippen LogP contribution in [0.5, 0.6) is 5.75 Å². The number of fused-ring (bicyclic) bond motifs is 1. The van der Waals surface area contributed by atoms with Gasteiger partial charge in [-0.2, -0.15) is 0 Å². The Labute approximate surface area is 161 Å². The molecule has 0 radical (unpaired) electrons. The fourth-order valence-electron chi connectivity index (χ4n) is 2.93. The maximum atomic E-state index is 13.7. The third-order valence-electron chi connectivity index (χ3n) is 4.26. The first kappa shape index (κ1) is 19.3. The number of esters is 1. The number of hydrogen-bond acceptors (Lipinski definition) is 5. The highest BCUT2D eigenvalue weighted by molar-refractivity contribution is 6.11. The summed E-state index contributed by atoms with van der Waals surface area (Å²) in [5, 5.41) is 2.69. The van der Waals surface area contributed by atoms with Crippen molar-refractivity contribution < 1.29 is 28.2 Å². The molecule has 8 heteroatoms. The minimum absolute atomic E-state index is 0.0719. The van der Waals surface area contributed by atoms with E-state index < -0.39 is 23.8 Å². The van der Waals surface area contributed by atoms with Crippen molar-refractivity contribution in [3.63, 3.8) is 0 Å². The number of para-hydroxylation sites is 2. The van der Waals surface area contributed by atoms with E-state index >= 15 is 0 Å². The molecule has 0 bridgehead atoms. The zero-order valence-electron chi connectivity index (χ0n) is 15.4. The van der Waals surface area contributed by atoms with E-state index in [0.717, 1.165) is 0 Å². The highest BCUT2D eigenvalue weighted by Gasteiger charge is 2.31. The van der Waals surface area contributed by atoms with Gasteiger partial charge in [-0.1, -0.05) is 18.2 Å². The third-order valence-corrected chi connectivity index (χ3v) is 4.26. The molecule has 0 saturated heterocycles. The van der Waals surface area contributed by atoms with E-state index in [2.05, 4.69) is 5.32 Å². The molecular weight excluding hydrogens is 367 g/mol. The molecule has 1 atom stereocenters. The standard InChI is InChI=1S/C20H19FN2O5/c1-12(28-19(25)10-13-7-8-17(27-2)14(21)9-13)20(26)23-11-18(24)22-15-5-3-4-6-16(15)23/h3-9,12H,10-11H2,1-2H3,(H,22,24)/t12-/m1/s1. The largest absolute Gasteiger partial charge is 0.494 e. The van der Waals surface area contributed by atoms with Gasteiger partial charge in [-0.15, -0.1) is 0 Å². The number of carbonyl (C=O) groups excluding carboxylic acids is 3. The number of amides is 2. The van der Waals surface area contributed by atoms with E-state index in [1.165, 1.54) is 31.1 Å². The number of nitrogens with zero attached hydrogens (tertiary/aromatic N) is 1. The van der Waals surface area contributed by atoms with Crippen LogP contribution < -0.4 is 15.0 Å². The van der Waals surface area contributed by atoms with Gasteiger partial charge in [0.25, 0.3) is 5.91 Å². The van der Waals surface area contributed by atoms with Crippen molar-refractivity contribution in [2.24, 2.45) is 0 Å². The summed E-state index contributed by atoms with van der Waals surface area (Å²) in [4.78, 5) is 38.0. The van der Waals surface area contributed by atoms with Gasteiger partial charge in [-0.3, -0.25) is 19.3 Å². The molecule has 146 valence electrons. The number of nitrogens with one attached hydrogen (secondary N) is 1. The van der Waals surface area contributed by atoms with E-state index in [0.29, 0.717) is 16.9 Å². The number of anilines is 2. The van der Waals surface area contributed by atoms with Gasteiger partial charge in [-0.05, 0) is 36.8 Å². The average Bonchev–Trinajstić information content (AvgIpc) is 2.66. The van der Waals surface area contributed by atoms with E-state index in [9.17, 15) is 18.8 Å². The lowest BCUT2D eigenvalue weighted by Crippen LogP contribution is -2.47. The van der Waals surface area contributed by atoms with E-state index in [1.54, 1.807) is 30.3 Å². The van der Waals surface area contributed by atoms with Crippen molar-refractivity contribution in [2.75, 3.05) is 23.9 Å². The summed E-state index contributed by atoms with van der Waals surface area (Å²) in [5.74, 6) is -2.05. The summed E-state index contributed by atoms with van der Waals surface area (Å²) in [6.45, 7) is 1.27. The number of rotatable bonds is 5. The van der Waals surface area contributed by atoms with Crippen molar-refractivity contribution in [2.45, 2.75) is 19.4 Å². The Morgan fingerprint density at radius 3 is 2.71 bits per heavy atom. The second kappa shape index (κ2) is 8.08. The maximum Gasteiger partial charge on any atom is 0.311 e. The monoisotopic (exact) mass is 386 g/mol. The van der Waals surface area contributed by atoms with Crippen LogP contribution in [0.2, 0.25) is 0 Å². The first-order chi connectivity index (χ1) is 13.4. The number of benzene rings is 2. The molecule has 0 spiro atoms. The van der Waals surface area contributed by atoms with Crippen LogP contribution in [0.4, 0.5) is 15.8 Å². The number of methoxy groups -OCH3 is 1. The Kier molecular flexibility index (Phi) is 5.58. The van der Waals surface area contributed by atoms with Crippen molar-refractivity contribution in [3.05, 3.63) is 53.8 Å². The minimum atomic E-state index is -1.10. The van der Waals surface area contributed by atoms with E-state index in [1.807, 2.05) is 0 Å². The van der Waals surface area contributed by atoms with Crippen LogP contribution in [0.1, 0.15) is 12.5 Å². The van der Waals surface area contributed by atoms with Crippen LogP contribution in [0.25, 0.3) is 0 Å². The zero-order chi connectivity index (χ0) is 20.3. The Bertz CT molecular complexity index is 931. The van der Waals surface area contributed by atoms with Crippen LogP contribution in [-0.4, -0.2) is 37.5 Å². The van der Waals surface area contributed by atoms with Gasteiger partial charge in [-0.25, -0.2) is 4.39 Å². The number of carbonyl (C=O) groups is 3. The van der Waals surface area contributed by atoms with Gasteiger partial charge in [0.15, 0.2) is 17.7 Å². The van der Waals surface area contributed by atoms with Crippen molar-refractivity contribution in [1.29, 1.82) is 0 Å². The summed E-state index contributed by atoms with van der Waals surface area (Å²) >= 11 is 0. The topological polar surface area (TPSA) is 84.9 Å².